The predicted octanol–water partition coefficient (Wildman–Crippen LogP) is 1.38. The fraction of sp³-hybridized carbons (Fsp3) is 0.214. The molecule has 0 aliphatic carbocycles. The molecule has 6 heteroatoms. The van der Waals surface area contributed by atoms with Crippen LogP contribution in [0.15, 0.2) is 36.8 Å². The molecule has 2 aromatic rings. The van der Waals surface area contributed by atoms with Crippen LogP contribution in [0.25, 0.3) is 0 Å². The standard InChI is InChI=1S/C14H14N4O2/c1-17-7-12(16-10-17)8-18(9-14(19)20)13-4-2-3-11(5-13)6-15/h2-5,7,10H,8-9H2,1H3,(H,19,20). The first-order valence-corrected chi connectivity index (χ1v) is 6.02. The van der Waals surface area contributed by atoms with Crippen molar-refractivity contribution < 1.29 is 9.90 Å². The van der Waals surface area contributed by atoms with Gasteiger partial charge in [-0.05, 0) is 18.2 Å². The maximum Gasteiger partial charge on any atom is 0.323 e. The first kappa shape index (κ1) is 13.6. The topological polar surface area (TPSA) is 82.2 Å². The second-order valence-electron chi connectivity index (χ2n) is 4.44. The SMILES string of the molecule is Cn1cnc(CN(CC(=O)O)c2cccc(C#N)c2)c1. The number of carboxylic acids is 1. The lowest BCUT2D eigenvalue weighted by Crippen LogP contribution is -2.29. The zero-order chi connectivity index (χ0) is 14.5. The van der Waals surface area contributed by atoms with E-state index < -0.39 is 5.97 Å². The summed E-state index contributed by atoms with van der Waals surface area (Å²) in [5, 5.41) is 17.9. The number of aliphatic carboxylic acids is 1. The largest absolute Gasteiger partial charge is 0.480 e. The van der Waals surface area contributed by atoms with Gasteiger partial charge in [-0.3, -0.25) is 4.79 Å². The van der Waals surface area contributed by atoms with Gasteiger partial charge in [0.05, 0.1) is 30.2 Å². The van der Waals surface area contributed by atoms with Crippen LogP contribution in [-0.2, 0) is 18.4 Å². The number of hydrogen-bond donors (Lipinski definition) is 1. The first-order valence-electron chi connectivity index (χ1n) is 6.02. The van der Waals surface area contributed by atoms with Crippen LogP contribution in [0.3, 0.4) is 0 Å². The first-order chi connectivity index (χ1) is 9.58. The number of carbonyl (C=O) groups is 1. The minimum absolute atomic E-state index is 0.147. The maximum atomic E-state index is 11.0. The highest BCUT2D eigenvalue weighted by Gasteiger charge is 2.13. The van der Waals surface area contributed by atoms with E-state index in [1.165, 1.54) is 0 Å². The Morgan fingerprint density at radius 2 is 2.35 bits per heavy atom. The number of imidazole rings is 1. The average molecular weight is 270 g/mol. The van der Waals surface area contributed by atoms with Crippen molar-refractivity contribution in [1.82, 2.24) is 9.55 Å². The molecule has 1 N–H and O–H groups in total. The number of nitriles is 1. The van der Waals surface area contributed by atoms with E-state index in [9.17, 15) is 4.79 Å². The number of anilines is 1. The number of hydrogen-bond acceptors (Lipinski definition) is 4. The highest BCUT2D eigenvalue weighted by atomic mass is 16.4. The van der Waals surface area contributed by atoms with Crippen LogP contribution >= 0.6 is 0 Å². The normalized spacial score (nSPS) is 10.0. The minimum atomic E-state index is -0.928. The fourth-order valence-corrected chi connectivity index (χ4v) is 1.92. The van der Waals surface area contributed by atoms with Crippen molar-refractivity contribution in [2.75, 3.05) is 11.4 Å². The number of carboxylic acid groups (broad SMARTS) is 1. The fourth-order valence-electron chi connectivity index (χ4n) is 1.92. The predicted molar refractivity (Wildman–Crippen MR) is 73.1 cm³/mol. The van der Waals surface area contributed by atoms with Crippen molar-refractivity contribution in [2.24, 2.45) is 7.05 Å². The molecule has 6 nitrogen and oxygen atoms in total. The van der Waals surface area contributed by atoms with Gasteiger partial charge in [-0.2, -0.15) is 5.26 Å². The number of nitrogens with zero attached hydrogens (tertiary/aromatic N) is 4. The van der Waals surface area contributed by atoms with Gasteiger partial charge in [-0.25, -0.2) is 4.98 Å². The lowest BCUT2D eigenvalue weighted by Gasteiger charge is -2.22. The van der Waals surface area contributed by atoms with Crippen molar-refractivity contribution in [3.8, 4) is 6.07 Å². The number of rotatable bonds is 5. The molecule has 0 spiro atoms. The highest BCUT2D eigenvalue weighted by Crippen LogP contribution is 2.18. The van der Waals surface area contributed by atoms with Crippen LogP contribution in [0.4, 0.5) is 5.69 Å². The lowest BCUT2D eigenvalue weighted by molar-refractivity contribution is -0.135. The van der Waals surface area contributed by atoms with Crippen LogP contribution in [0.2, 0.25) is 0 Å². The summed E-state index contributed by atoms with van der Waals surface area (Å²) in [5.74, 6) is -0.928. The number of aromatic nitrogens is 2. The third-order valence-electron chi connectivity index (χ3n) is 2.78. The van der Waals surface area contributed by atoms with Crippen LogP contribution < -0.4 is 4.90 Å². The molecule has 2 rings (SSSR count). The Balaban J connectivity index is 2.26. The van der Waals surface area contributed by atoms with Crippen molar-refractivity contribution >= 4 is 11.7 Å². The summed E-state index contributed by atoms with van der Waals surface area (Å²) in [6, 6.07) is 8.93. The average Bonchev–Trinajstić information content (AvgIpc) is 2.83. The second kappa shape index (κ2) is 5.89. The molecule has 1 heterocycles. The van der Waals surface area contributed by atoms with Gasteiger partial charge in [0.2, 0.25) is 0 Å². The second-order valence-corrected chi connectivity index (χ2v) is 4.44. The molecule has 0 atom stereocenters. The van der Waals surface area contributed by atoms with Crippen LogP contribution in [0.1, 0.15) is 11.3 Å². The van der Waals surface area contributed by atoms with Gasteiger partial charge < -0.3 is 14.6 Å². The summed E-state index contributed by atoms with van der Waals surface area (Å²) in [7, 11) is 1.86. The summed E-state index contributed by atoms with van der Waals surface area (Å²) in [6.07, 6.45) is 3.50. The zero-order valence-corrected chi connectivity index (χ0v) is 11.0. The molecule has 0 fully saturated rings. The molecule has 0 saturated heterocycles. The van der Waals surface area contributed by atoms with Crippen molar-refractivity contribution in [1.29, 1.82) is 5.26 Å². The van der Waals surface area contributed by atoms with Gasteiger partial charge in [0, 0.05) is 18.9 Å². The Morgan fingerprint density at radius 1 is 1.55 bits per heavy atom. The Morgan fingerprint density at radius 3 is 2.95 bits per heavy atom. The Hall–Kier alpha value is -2.81. The van der Waals surface area contributed by atoms with E-state index in [4.69, 9.17) is 10.4 Å². The quantitative estimate of drug-likeness (QED) is 0.887. The lowest BCUT2D eigenvalue weighted by atomic mass is 10.2. The van der Waals surface area contributed by atoms with Gasteiger partial charge in [0.25, 0.3) is 0 Å². The van der Waals surface area contributed by atoms with E-state index >= 15 is 0 Å². The maximum absolute atomic E-state index is 11.0. The molecular weight excluding hydrogens is 256 g/mol. The van der Waals surface area contributed by atoms with Crippen molar-refractivity contribution in [3.05, 3.63) is 48.0 Å². The number of benzene rings is 1. The Labute approximate surface area is 116 Å². The molecule has 0 aliphatic rings. The molecule has 0 bridgehead atoms. The van der Waals surface area contributed by atoms with Crippen LogP contribution in [0.5, 0.6) is 0 Å². The van der Waals surface area contributed by atoms with Crippen molar-refractivity contribution in [2.45, 2.75) is 6.54 Å². The smallest absolute Gasteiger partial charge is 0.323 e. The van der Waals surface area contributed by atoms with E-state index in [1.807, 2.05) is 19.3 Å². The summed E-state index contributed by atoms with van der Waals surface area (Å²) in [5.41, 5.74) is 1.96. The molecule has 0 saturated carbocycles. The molecule has 0 aliphatic heterocycles. The minimum Gasteiger partial charge on any atom is -0.480 e. The summed E-state index contributed by atoms with van der Waals surface area (Å²) in [6.45, 7) is 0.230. The van der Waals surface area contributed by atoms with Gasteiger partial charge in [-0.15, -0.1) is 0 Å². The van der Waals surface area contributed by atoms with E-state index in [2.05, 4.69) is 4.98 Å². The molecule has 102 valence electrons. The van der Waals surface area contributed by atoms with Gasteiger partial charge in [0.15, 0.2) is 0 Å². The molecule has 20 heavy (non-hydrogen) atoms. The molecule has 0 radical (unpaired) electrons. The van der Waals surface area contributed by atoms with E-state index in [0.717, 1.165) is 5.69 Å². The molecule has 0 amide bonds. The molecule has 1 aromatic heterocycles. The summed E-state index contributed by atoms with van der Waals surface area (Å²) < 4.78 is 1.81. The van der Waals surface area contributed by atoms with Gasteiger partial charge in [-0.1, -0.05) is 6.07 Å². The molecule has 1 aromatic carbocycles. The van der Waals surface area contributed by atoms with Crippen molar-refractivity contribution in [3.63, 3.8) is 0 Å². The van der Waals surface area contributed by atoms with Gasteiger partial charge in [0.1, 0.15) is 6.54 Å². The van der Waals surface area contributed by atoms with E-state index in [0.29, 0.717) is 17.8 Å². The third kappa shape index (κ3) is 3.36. The molecule has 0 unspecified atom stereocenters. The van der Waals surface area contributed by atoms with Gasteiger partial charge >= 0.3 is 5.97 Å². The molecular formula is C14H14N4O2. The third-order valence-corrected chi connectivity index (χ3v) is 2.78. The van der Waals surface area contributed by atoms with E-state index in [1.54, 1.807) is 40.1 Å². The Kier molecular flexibility index (Phi) is 4.01. The van der Waals surface area contributed by atoms with Crippen LogP contribution in [-0.4, -0.2) is 27.2 Å². The van der Waals surface area contributed by atoms with Crippen LogP contribution in [0, 0.1) is 11.3 Å². The van der Waals surface area contributed by atoms with E-state index in [-0.39, 0.29) is 6.54 Å². The monoisotopic (exact) mass is 270 g/mol. The Bertz CT molecular complexity index is 657. The number of aryl methyl sites for hydroxylation is 1. The summed E-state index contributed by atoms with van der Waals surface area (Å²) in [4.78, 5) is 16.9. The highest BCUT2D eigenvalue weighted by molar-refractivity contribution is 5.74. The summed E-state index contributed by atoms with van der Waals surface area (Å²) >= 11 is 0. The zero-order valence-electron chi connectivity index (χ0n) is 11.0.